The van der Waals surface area contributed by atoms with Crippen molar-refractivity contribution in [1.82, 2.24) is 4.90 Å². The highest BCUT2D eigenvalue weighted by Crippen LogP contribution is 2.25. The fourth-order valence-electron chi connectivity index (χ4n) is 2.23. The predicted molar refractivity (Wildman–Crippen MR) is 80.2 cm³/mol. The van der Waals surface area contributed by atoms with Gasteiger partial charge >= 0.3 is 11.9 Å². The molecule has 0 saturated carbocycles. The van der Waals surface area contributed by atoms with Crippen LogP contribution in [0.4, 0.5) is 27.6 Å². The van der Waals surface area contributed by atoms with Crippen LogP contribution in [-0.2, 0) is 6.54 Å². The predicted octanol–water partition coefficient (Wildman–Crippen LogP) is 4.08. The van der Waals surface area contributed by atoms with E-state index in [4.69, 9.17) is 0 Å². The van der Waals surface area contributed by atoms with Crippen molar-refractivity contribution in [3.63, 3.8) is 0 Å². The van der Waals surface area contributed by atoms with Crippen LogP contribution in [0, 0.1) is 21.7 Å². The Hall–Kier alpha value is -3.04. The molecular weight excluding hydrogens is 363 g/mol. The van der Waals surface area contributed by atoms with Gasteiger partial charge in [0, 0.05) is 6.54 Å². The van der Waals surface area contributed by atoms with Gasteiger partial charge in [0.25, 0.3) is 5.91 Å². The maximum absolute atomic E-state index is 14.0. The van der Waals surface area contributed by atoms with Gasteiger partial charge in [-0.25, -0.2) is 4.39 Å². The molecule has 10 heteroatoms. The molecule has 0 heterocycles. The van der Waals surface area contributed by atoms with Gasteiger partial charge in [-0.2, -0.15) is 17.6 Å². The molecule has 2 aromatic carbocycles. The Bertz CT molecular complexity index is 825. The van der Waals surface area contributed by atoms with Crippen LogP contribution in [0.15, 0.2) is 42.5 Å². The quantitative estimate of drug-likeness (QED) is 0.450. The van der Waals surface area contributed by atoms with E-state index in [0.717, 1.165) is 0 Å². The maximum Gasteiger partial charge on any atom is 0.406 e. The first kappa shape index (κ1) is 19.3. The van der Waals surface area contributed by atoms with Gasteiger partial charge in [-0.1, -0.05) is 30.3 Å². The monoisotopic (exact) mass is 374 g/mol. The minimum absolute atomic E-state index is 0.164. The summed E-state index contributed by atoms with van der Waals surface area (Å²) < 4.78 is 66.0. The summed E-state index contributed by atoms with van der Waals surface area (Å²) in [4.78, 5) is 22.0. The molecule has 0 aliphatic heterocycles. The van der Waals surface area contributed by atoms with Gasteiger partial charge in [-0.05, 0) is 11.6 Å². The van der Waals surface area contributed by atoms with Crippen LogP contribution in [-0.4, -0.2) is 28.5 Å². The molecule has 0 bridgehead atoms. The fraction of sp³-hybridized carbons (Fsp3) is 0.188. The summed E-state index contributed by atoms with van der Waals surface area (Å²) in [5, 5.41) is 10.6. The molecule has 2 aromatic rings. The first-order valence-electron chi connectivity index (χ1n) is 7.12. The van der Waals surface area contributed by atoms with Crippen molar-refractivity contribution in [1.29, 1.82) is 0 Å². The second kappa shape index (κ2) is 7.46. The fourth-order valence-corrected chi connectivity index (χ4v) is 2.23. The number of hydrogen-bond acceptors (Lipinski definition) is 3. The molecule has 0 N–H and O–H groups in total. The van der Waals surface area contributed by atoms with E-state index in [2.05, 4.69) is 0 Å². The average Bonchev–Trinajstić information content (AvgIpc) is 2.55. The van der Waals surface area contributed by atoms with Gasteiger partial charge in [0.05, 0.1) is 16.6 Å². The Morgan fingerprint density at radius 3 is 2.23 bits per heavy atom. The molecule has 0 atom stereocenters. The second-order valence-electron chi connectivity index (χ2n) is 5.30. The Labute approximate surface area is 143 Å². The van der Waals surface area contributed by atoms with Crippen LogP contribution in [0.25, 0.3) is 0 Å². The zero-order chi connectivity index (χ0) is 19.5. The number of nitrogens with zero attached hydrogens (tertiary/aromatic N) is 2. The van der Waals surface area contributed by atoms with E-state index < -0.39 is 53.0 Å². The smallest absolute Gasteiger partial charge is 0.325 e. The number of amides is 1. The number of carbonyl (C=O) groups is 1. The zero-order valence-electron chi connectivity index (χ0n) is 13.0. The summed E-state index contributed by atoms with van der Waals surface area (Å²) in [6, 6.07) is 8.01. The van der Waals surface area contributed by atoms with E-state index in [0.29, 0.717) is 10.5 Å². The van der Waals surface area contributed by atoms with E-state index in [1.54, 1.807) is 6.07 Å². The first-order chi connectivity index (χ1) is 12.1. The minimum Gasteiger partial charge on any atom is -0.325 e. The van der Waals surface area contributed by atoms with Gasteiger partial charge in [-0.15, -0.1) is 0 Å². The Morgan fingerprint density at radius 1 is 1.08 bits per heavy atom. The summed E-state index contributed by atoms with van der Waals surface area (Å²) >= 11 is 0. The van der Waals surface area contributed by atoms with E-state index in [1.807, 2.05) is 0 Å². The first-order valence-corrected chi connectivity index (χ1v) is 7.12. The van der Waals surface area contributed by atoms with E-state index in [9.17, 15) is 36.9 Å². The normalized spacial score (nSPS) is 11.3. The lowest BCUT2D eigenvalue weighted by molar-refractivity contribution is -0.387. The van der Waals surface area contributed by atoms with Gasteiger partial charge in [-0.3, -0.25) is 14.9 Å². The molecule has 0 aliphatic rings. The van der Waals surface area contributed by atoms with Gasteiger partial charge < -0.3 is 4.90 Å². The van der Waals surface area contributed by atoms with Crippen molar-refractivity contribution in [3.05, 3.63) is 75.3 Å². The van der Waals surface area contributed by atoms with E-state index in [-0.39, 0.29) is 12.1 Å². The standard InChI is InChI=1S/C16H11F5N2O3/c17-12-7-14(23(25)26)13(18)6-11(12)15(24)22(9-16(19,20)21)8-10-4-2-1-3-5-10/h1-7H,8-9H2. The number of benzene rings is 2. The number of hydrogen-bond donors (Lipinski definition) is 0. The number of nitro benzene ring substituents is 1. The number of rotatable bonds is 5. The number of nitro groups is 1. The molecule has 0 aliphatic carbocycles. The van der Waals surface area contributed by atoms with Crippen LogP contribution in [0.5, 0.6) is 0 Å². The molecule has 0 fully saturated rings. The van der Waals surface area contributed by atoms with Crippen LogP contribution >= 0.6 is 0 Å². The Kier molecular flexibility index (Phi) is 5.53. The van der Waals surface area contributed by atoms with Crippen molar-refractivity contribution < 1.29 is 31.7 Å². The van der Waals surface area contributed by atoms with Gasteiger partial charge in [0.1, 0.15) is 12.4 Å². The van der Waals surface area contributed by atoms with Crippen LogP contribution in [0.3, 0.4) is 0 Å². The lowest BCUT2D eigenvalue weighted by Crippen LogP contribution is -2.39. The van der Waals surface area contributed by atoms with Gasteiger partial charge in [0.2, 0.25) is 5.82 Å². The van der Waals surface area contributed by atoms with Crippen molar-refractivity contribution >= 4 is 11.6 Å². The number of carbonyl (C=O) groups excluding carboxylic acids is 1. The highest BCUT2D eigenvalue weighted by Gasteiger charge is 2.35. The van der Waals surface area contributed by atoms with E-state index >= 15 is 0 Å². The minimum atomic E-state index is -4.78. The topological polar surface area (TPSA) is 63.4 Å². The summed E-state index contributed by atoms with van der Waals surface area (Å²) in [7, 11) is 0. The number of halogens is 5. The molecule has 0 radical (unpaired) electrons. The summed E-state index contributed by atoms with van der Waals surface area (Å²) in [6.45, 7) is -2.20. The highest BCUT2D eigenvalue weighted by molar-refractivity contribution is 5.94. The molecular formula is C16H11F5N2O3. The molecule has 0 saturated heterocycles. The largest absolute Gasteiger partial charge is 0.406 e. The lowest BCUT2D eigenvalue weighted by atomic mass is 10.1. The van der Waals surface area contributed by atoms with Crippen molar-refractivity contribution in [2.45, 2.75) is 12.7 Å². The molecule has 138 valence electrons. The highest BCUT2D eigenvalue weighted by atomic mass is 19.4. The zero-order valence-corrected chi connectivity index (χ0v) is 13.0. The van der Waals surface area contributed by atoms with Crippen LogP contribution < -0.4 is 0 Å². The van der Waals surface area contributed by atoms with Crippen LogP contribution in [0.2, 0.25) is 0 Å². The molecule has 0 spiro atoms. The lowest BCUT2D eigenvalue weighted by Gasteiger charge is -2.24. The molecule has 5 nitrogen and oxygen atoms in total. The molecule has 1 amide bonds. The summed E-state index contributed by atoms with van der Waals surface area (Å²) in [6.07, 6.45) is -4.78. The van der Waals surface area contributed by atoms with Crippen molar-refractivity contribution in [2.24, 2.45) is 0 Å². The number of alkyl halides is 3. The third kappa shape index (κ3) is 4.74. The van der Waals surface area contributed by atoms with Crippen LogP contribution in [0.1, 0.15) is 15.9 Å². The second-order valence-corrected chi connectivity index (χ2v) is 5.30. The molecule has 0 aromatic heterocycles. The third-order valence-electron chi connectivity index (χ3n) is 3.34. The maximum atomic E-state index is 14.0. The Balaban J connectivity index is 2.40. The summed E-state index contributed by atoms with van der Waals surface area (Å²) in [5.74, 6) is -4.44. The summed E-state index contributed by atoms with van der Waals surface area (Å²) in [5.41, 5.74) is -1.90. The third-order valence-corrected chi connectivity index (χ3v) is 3.34. The molecule has 2 rings (SSSR count). The molecule has 0 unspecified atom stereocenters. The van der Waals surface area contributed by atoms with Crippen molar-refractivity contribution in [3.8, 4) is 0 Å². The molecule has 26 heavy (non-hydrogen) atoms. The van der Waals surface area contributed by atoms with Gasteiger partial charge in [0.15, 0.2) is 0 Å². The SMILES string of the molecule is O=C(c1cc(F)c([N+](=O)[O-])cc1F)N(Cc1ccccc1)CC(F)(F)F. The van der Waals surface area contributed by atoms with E-state index in [1.165, 1.54) is 24.3 Å². The average molecular weight is 374 g/mol. The Morgan fingerprint density at radius 2 is 1.69 bits per heavy atom. The van der Waals surface area contributed by atoms with Crippen molar-refractivity contribution in [2.75, 3.05) is 6.54 Å².